The molecule has 5 nitrogen and oxygen atoms in total. The first-order valence-electron chi connectivity index (χ1n) is 7.38. The maximum Gasteiger partial charge on any atom is 0.408 e. The van der Waals surface area contributed by atoms with E-state index in [-0.39, 0.29) is 6.04 Å². The fraction of sp³-hybridized carbons (Fsp3) is 0.733. The van der Waals surface area contributed by atoms with Gasteiger partial charge in [-0.2, -0.15) is 0 Å². The molecule has 118 valence electrons. The SMILES string of the molecule is C[C@H](NC(=O)OC(C)(C)C)c1nc([C@H]2CCCOC2)cs1. The molecule has 1 aliphatic rings. The number of carbonyl (C=O) groups excluding carboxylic acids is 1. The van der Waals surface area contributed by atoms with Crippen molar-refractivity contribution in [3.8, 4) is 0 Å². The van der Waals surface area contributed by atoms with Crippen molar-refractivity contribution in [2.24, 2.45) is 0 Å². The van der Waals surface area contributed by atoms with Crippen LogP contribution in [0, 0.1) is 0 Å². The Morgan fingerprint density at radius 2 is 2.33 bits per heavy atom. The molecule has 1 fully saturated rings. The van der Waals surface area contributed by atoms with Crippen LogP contribution in [0.25, 0.3) is 0 Å². The number of hydrogen-bond donors (Lipinski definition) is 1. The highest BCUT2D eigenvalue weighted by Gasteiger charge is 2.22. The van der Waals surface area contributed by atoms with Gasteiger partial charge in [0.25, 0.3) is 0 Å². The second kappa shape index (κ2) is 6.75. The molecule has 0 saturated carbocycles. The number of alkyl carbamates (subject to hydrolysis) is 1. The Hall–Kier alpha value is -1.14. The normalized spacial score (nSPS) is 20.9. The van der Waals surface area contributed by atoms with Gasteiger partial charge in [-0.15, -0.1) is 11.3 Å². The molecule has 1 saturated heterocycles. The highest BCUT2D eigenvalue weighted by Crippen LogP contribution is 2.28. The number of ether oxygens (including phenoxy) is 2. The van der Waals surface area contributed by atoms with E-state index in [0.717, 1.165) is 36.8 Å². The lowest BCUT2D eigenvalue weighted by atomic mass is 10.00. The van der Waals surface area contributed by atoms with Crippen molar-refractivity contribution in [3.05, 3.63) is 16.1 Å². The average molecular weight is 312 g/mol. The van der Waals surface area contributed by atoms with Crippen LogP contribution in [0.1, 0.15) is 63.2 Å². The minimum absolute atomic E-state index is 0.150. The first-order chi connectivity index (χ1) is 9.85. The van der Waals surface area contributed by atoms with E-state index in [4.69, 9.17) is 9.47 Å². The van der Waals surface area contributed by atoms with E-state index in [1.54, 1.807) is 11.3 Å². The van der Waals surface area contributed by atoms with E-state index in [1.807, 2.05) is 27.7 Å². The summed E-state index contributed by atoms with van der Waals surface area (Å²) >= 11 is 1.57. The predicted octanol–water partition coefficient (Wildman–Crippen LogP) is 3.62. The van der Waals surface area contributed by atoms with Gasteiger partial charge >= 0.3 is 6.09 Å². The van der Waals surface area contributed by atoms with Crippen LogP contribution in [0.2, 0.25) is 0 Å². The monoisotopic (exact) mass is 312 g/mol. The molecule has 1 aromatic rings. The van der Waals surface area contributed by atoms with Gasteiger partial charge in [0.05, 0.1) is 18.3 Å². The van der Waals surface area contributed by atoms with Crippen molar-refractivity contribution >= 4 is 17.4 Å². The van der Waals surface area contributed by atoms with Crippen molar-refractivity contribution in [2.45, 2.75) is 58.1 Å². The fourth-order valence-electron chi connectivity index (χ4n) is 2.21. The molecule has 1 amide bonds. The van der Waals surface area contributed by atoms with Crippen molar-refractivity contribution in [1.29, 1.82) is 0 Å². The van der Waals surface area contributed by atoms with Gasteiger partial charge in [0.2, 0.25) is 0 Å². The number of thiazole rings is 1. The summed E-state index contributed by atoms with van der Waals surface area (Å²) in [6.45, 7) is 9.07. The second-order valence-corrected chi connectivity index (χ2v) is 7.28. The Morgan fingerprint density at radius 3 is 2.95 bits per heavy atom. The van der Waals surface area contributed by atoms with Crippen LogP contribution in [0.3, 0.4) is 0 Å². The molecule has 0 bridgehead atoms. The quantitative estimate of drug-likeness (QED) is 0.926. The zero-order chi connectivity index (χ0) is 15.5. The highest BCUT2D eigenvalue weighted by molar-refractivity contribution is 7.09. The molecule has 0 spiro atoms. The van der Waals surface area contributed by atoms with E-state index in [0.29, 0.717) is 5.92 Å². The van der Waals surface area contributed by atoms with Gasteiger partial charge in [-0.3, -0.25) is 0 Å². The molecule has 0 aliphatic carbocycles. The zero-order valence-corrected chi connectivity index (χ0v) is 14.0. The minimum Gasteiger partial charge on any atom is -0.444 e. The van der Waals surface area contributed by atoms with Crippen LogP contribution in [0.4, 0.5) is 4.79 Å². The fourth-order valence-corrected chi connectivity index (χ4v) is 3.11. The Kier molecular flexibility index (Phi) is 5.22. The van der Waals surface area contributed by atoms with Gasteiger partial charge in [0.15, 0.2) is 0 Å². The summed E-state index contributed by atoms with van der Waals surface area (Å²) in [6.07, 6.45) is 1.80. The van der Waals surface area contributed by atoms with Crippen LogP contribution in [0.5, 0.6) is 0 Å². The summed E-state index contributed by atoms with van der Waals surface area (Å²) in [5.41, 5.74) is 0.588. The van der Waals surface area contributed by atoms with Gasteiger partial charge in [-0.05, 0) is 40.5 Å². The third-order valence-corrected chi connectivity index (χ3v) is 4.27. The molecule has 1 N–H and O–H groups in total. The third kappa shape index (κ3) is 4.97. The summed E-state index contributed by atoms with van der Waals surface area (Å²) < 4.78 is 10.8. The number of hydrogen-bond acceptors (Lipinski definition) is 5. The van der Waals surface area contributed by atoms with Crippen molar-refractivity contribution < 1.29 is 14.3 Å². The lowest BCUT2D eigenvalue weighted by molar-refractivity contribution is 0.0507. The standard InChI is InChI=1S/C15H24N2O3S/c1-10(16-14(18)20-15(2,3)4)13-17-12(9-21-13)11-6-5-7-19-8-11/h9-11H,5-8H2,1-4H3,(H,16,18)/t10-,11-/m0/s1. The smallest absolute Gasteiger partial charge is 0.408 e. The van der Waals surface area contributed by atoms with E-state index in [9.17, 15) is 4.79 Å². The van der Waals surface area contributed by atoms with Gasteiger partial charge in [-0.1, -0.05) is 0 Å². The largest absolute Gasteiger partial charge is 0.444 e. The lowest BCUT2D eigenvalue weighted by Crippen LogP contribution is -2.34. The molecule has 1 aliphatic heterocycles. The number of rotatable bonds is 3. The van der Waals surface area contributed by atoms with Gasteiger partial charge < -0.3 is 14.8 Å². The summed E-state index contributed by atoms with van der Waals surface area (Å²) in [5, 5.41) is 5.80. The van der Waals surface area contributed by atoms with Crippen molar-refractivity contribution in [3.63, 3.8) is 0 Å². The molecule has 6 heteroatoms. The summed E-state index contributed by atoms with van der Waals surface area (Å²) in [4.78, 5) is 16.4. The van der Waals surface area contributed by atoms with Crippen LogP contribution in [0.15, 0.2) is 5.38 Å². The van der Waals surface area contributed by atoms with E-state index >= 15 is 0 Å². The van der Waals surface area contributed by atoms with Crippen molar-refractivity contribution in [1.82, 2.24) is 10.3 Å². The Bertz CT molecular complexity index is 476. The van der Waals surface area contributed by atoms with Crippen LogP contribution >= 0.6 is 11.3 Å². The second-order valence-electron chi connectivity index (χ2n) is 6.39. The number of aromatic nitrogens is 1. The number of carbonyl (C=O) groups is 1. The zero-order valence-electron chi connectivity index (χ0n) is 13.1. The molecular weight excluding hydrogens is 288 g/mol. The maximum absolute atomic E-state index is 11.8. The number of amides is 1. The first kappa shape index (κ1) is 16.2. The number of nitrogens with zero attached hydrogens (tertiary/aromatic N) is 1. The van der Waals surface area contributed by atoms with Crippen LogP contribution in [-0.4, -0.2) is 29.9 Å². The van der Waals surface area contributed by atoms with E-state index in [2.05, 4.69) is 15.7 Å². The molecule has 2 rings (SSSR count). The maximum atomic E-state index is 11.8. The molecule has 2 heterocycles. The van der Waals surface area contributed by atoms with E-state index in [1.165, 1.54) is 0 Å². The van der Waals surface area contributed by atoms with Crippen LogP contribution in [-0.2, 0) is 9.47 Å². The molecular formula is C15H24N2O3S. The molecule has 2 atom stereocenters. The molecule has 0 aromatic carbocycles. The Balaban J connectivity index is 1.92. The van der Waals surface area contributed by atoms with Gasteiger partial charge in [-0.25, -0.2) is 9.78 Å². The molecule has 0 unspecified atom stereocenters. The summed E-state index contributed by atoms with van der Waals surface area (Å²) in [7, 11) is 0. The lowest BCUT2D eigenvalue weighted by Gasteiger charge is -2.21. The third-order valence-electron chi connectivity index (χ3n) is 3.22. The predicted molar refractivity (Wildman–Crippen MR) is 82.7 cm³/mol. The van der Waals surface area contributed by atoms with E-state index < -0.39 is 11.7 Å². The molecule has 21 heavy (non-hydrogen) atoms. The summed E-state index contributed by atoms with van der Waals surface area (Å²) in [6, 6.07) is -0.150. The Morgan fingerprint density at radius 1 is 1.57 bits per heavy atom. The minimum atomic E-state index is -0.489. The topological polar surface area (TPSA) is 60.5 Å². The Labute approximate surface area is 130 Å². The average Bonchev–Trinajstić information content (AvgIpc) is 2.87. The molecule has 0 radical (unpaired) electrons. The highest BCUT2D eigenvalue weighted by atomic mass is 32.1. The molecule has 1 aromatic heterocycles. The number of nitrogens with one attached hydrogen (secondary N) is 1. The van der Waals surface area contributed by atoms with Gasteiger partial charge in [0, 0.05) is 17.9 Å². The summed E-state index contributed by atoms with van der Waals surface area (Å²) in [5.74, 6) is 0.387. The first-order valence-corrected chi connectivity index (χ1v) is 8.25. The van der Waals surface area contributed by atoms with Crippen molar-refractivity contribution in [2.75, 3.05) is 13.2 Å². The van der Waals surface area contributed by atoms with Crippen LogP contribution < -0.4 is 5.32 Å². The van der Waals surface area contributed by atoms with Gasteiger partial charge in [0.1, 0.15) is 10.6 Å².